The van der Waals surface area contributed by atoms with Crippen molar-refractivity contribution in [1.82, 2.24) is 14.5 Å². The summed E-state index contributed by atoms with van der Waals surface area (Å²) < 4.78 is 23.0. The van der Waals surface area contributed by atoms with Crippen LogP contribution in [0.1, 0.15) is 43.6 Å². The van der Waals surface area contributed by atoms with Gasteiger partial charge in [0.2, 0.25) is 0 Å². The number of carbonyl (C=O) groups excluding carboxylic acids is 1. The molecule has 0 bridgehead atoms. The maximum absolute atomic E-state index is 15.0. The molecule has 1 aromatic heterocycles. The quantitative estimate of drug-likeness (QED) is 0.312. The fourth-order valence-corrected chi connectivity index (χ4v) is 4.64. The summed E-state index contributed by atoms with van der Waals surface area (Å²) in [5.41, 5.74) is 0.396. The zero-order valence-corrected chi connectivity index (χ0v) is 23.2. The normalized spacial score (nSPS) is 12.1. The smallest absolute Gasteiger partial charge is 0.408 e. The Labute approximate surface area is 232 Å². The van der Waals surface area contributed by atoms with Crippen LogP contribution >= 0.6 is 0 Å². The van der Waals surface area contributed by atoms with Crippen LogP contribution in [-0.2, 0) is 24.2 Å². The number of benzene rings is 3. The third kappa shape index (κ3) is 6.75. The molecule has 4 aromatic rings. The first kappa shape index (κ1) is 28.5. The lowest BCUT2D eigenvalue weighted by Gasteiger charge is -2.25. The van der Waals surface area contributed by atoms with Gasteiger partial charge in [-0.15, -0.1) is 0 Å². The van der Waals surface area contributed by atoms with Gasteiger partial charge in [0.1, 0.15) is 11.4 Å². The number of halogens is 1. The van der Waals surface area contributed by atoms with Crippen molar-refractivity contribution in [2.24, 2.45) is 0 Å². The van der Waals surface area contributed by atoms with E-state index in [4.69, 9.17) is 4.74 Å². The van der Waals surface area contributed by atoms with Gasteiger partial charge in [0.05, 0.1) is 18.2 Å². The van der Waals surface area contributed by atoms with E-state index in [-0.39, 0.29) is 24.2 Å². The third-order valence-corrected chi connectivity index (χ3v) is 6.56. The molecule has 0 saturated heterocycles. The SMILES string of the molecule is Cc1c(-c2ccccc2F)c(=O)n(C[C@H](NC(=O)OC(C)(C)C)c2ccccc2)c(=O)n1CCc1ccccc1. The molecule has 0 fully saturated rings. The Morgan fingerprint density at radius 1 is 0.900 bits per heavy atom. The lowest BCUT2D eigenvalue weighted by molar-refractivity contribution is 0.0497. The van der Waals surface area contributed by atoms with Gasteiger partial charge in [-0.1, -0.05) is 78.9 Å². The minimum Gasteiger partial charge on any atom is -0.444 e. The van der Waals surface area contributed by atoms with Crippen LogP contribution in [0.2, 0.25) is 0 Å². The predicted molar refractivity (Wildman–Crippen MR) is 154 cm³/mol. The molecule has 0 aliphatic rings. The van der Waals surface area contributed by atoms with Crippen molar-refractivity contribution in [1.29, 1.82) is 0 Å². The van der Waals surface area contributed by atoms with Crippen molar-refractivity contribution in [2.75, 3.05) is 0 Å². The number of amides is 1. The molecule has 7 nitrogen and oxygen atoms in total. The van der Waals surface area contributed by atoms with E-state index in [1.807, 2.05) is 36.4 Å². The summed E-state index contributed by atoms with van der Waals surface area (Å²) in [6.45, 7) is 7.02. The van der Waals surface area contributed by atoms with Gasteiger partial charge in [0, 0.05) is 17.8 Å². The highest BCUT2D eigenvalue weighted by Crippen LogP contribution is 2.23. The third-order valence-electron chi connectivity index (χ3n) is 6.56. The predicted octanol–water partition coefficient (Wildman–Crippen LogP) is 5.63. The van der Waals surface area contributed by atoms with Crippen LogP contribution in [-0.4, -0.2) is 20.8 Å². The summed E-state index contributed by atoms with van der Waals surface area (Å²) >= 11 is 0. The number of ether oxygens (including phenoxy) is 1. The van der Waals surface area contributed by atoms with Crippen LogP contribution < -0.4 is 16.6 Å². The lowest BCUT2D eigenvalue weighted by atomic mass is 10.0. The fraction of sp³-hybridized carbons (Fsp3) is 0.281. The molecule has 0 aliphatic heterocycles. The number of carbonyl (C=O) groups is 1. The Balaban J connectivity index is 1.84. The standard InChI is InChI=1S/C32H34FN3O4/c1-22-28(25-17-11-12-18-26(25)33)29(37)36(31(39)35(22)20-19-23-13-7-5-8-14-23)21-27(24-15-9-6-10-16-24)34-30(38)40-32(2,3)4/h5-18,27H,19-21H2,1-4H3,(H,34,38)/t27-/m0/s1. The molecule has 1 heterocycles. The van der Waals surface area contributed by atoms with E-state index >= 15 is 0 Å². The van der Waals surface area contributed by atoms with E-state index in [9.17, 15) is 18.8 Å². The molecule has 1 amide bonds. The molecule has 3 aromatic carbocycles. The highest BCUT2D eigenvalue weighted by atomic mass is 19.1. The molecule has 0 spiro atoms. The molecule has 1 N–H and O–H groups in total. The highest BCUT2D eigenvalue weighted by molar-refractivity contribution is 5.68. The maximum Gasteiger partial charge on any atom is 0.408 e. The van der Waals surface area contributed by atoms with Gasteiger partial charge in [-0.2, -0.15) is 0 Å². The van der Waals surface area contributed by atoms with Crippen molar-refractivity contribution in [3.8, 4) is 11.1 Å². The number of hydrogen-bond donors (Lipinski definition) is 1. The van der Waals surface area contributed by atoms with E-state index in [1.54, 1.807) is 64.1 Å². The number of aryl methyl sites for hydroxylation is 1. The van der Waals surface area contributed by atoms with Gasteiger partial charge in [0.15, 0.2) is 0 Å². The van der Waals surface area contributed by atoms with E-state index in [1.165, 1.54) is 16.7 Å². The average molecular weight is 544 g/mol. The maximum atomic E-state index is 15.0. The van der Waals surface area contributed by atoms with Crippen LogP contribution in [0.25, 0.3) is 11.1 Å². The molecule has 8 heteroatoms. The van der Waals surface area contributed by atoms with Gasteiger partial charge < -0.3 is 10.1 Å². The zero-order valence-electron chi connectivity index (χ0n) is 23.2. The van der Waals surface area contributed by atoms with E-state index in [0.29, 0.717) is 17.7 Å². The summed E-state index contributed by atoms with van der Waals surface area (Å²) in [5.74, 6) is -0.561. The molecular weight excluding hydrogens is 509 g/mol. The number of alkyl carbamates (subject to hydrolysis) is 1. The molecule has 208 valence electrons. The van der Waals surface area contributed by atoms with E-state index in [2.05, 4.69) is 5.32 Å². The molecule has 0 unspecified atom stereocenters. The second-order valence-electron chi connectivity index (χ2n) is 10.6. The van der Waals surface area contributed by atoms with Gasteiger partial charge in [-0.05, 0) is 51.3 Å². The average Bonchev–Trinajstić information content (AvgIpc) is 2.91. The van der Waals surface area contributed by atoms with Gasteiger partial charge >= 0.3 is 11.8 Å². The molecular formula is C32H34FN3O4. The first-order valence-electron chi connectivity index (χ1n) is 13.2. The Hall–Kier alpha value is -4.46. The first-order valence-corrected chi connectivity index (χ1v) is 13.2. The topological polar surface area (TPSA) is 82.3 Å². The summed E-state index contributed by atoms with van der Waals surface area (Å²) in [7, 11) is 0. The Morgan fingerprint density at radius 3 is 2.12 bits per heavy atom. The van der Waals surface area contributed by atoms with Crippen LogP contribution in [0.3, 0.4) is 0 Å². The van der Waals surface area contributed by atoms with Crippen molar-refractivity contribution >= 4 is 6.09 Å². The molecule has 1 atom stereocenters. The second kappa shape index (κ2) is 12.2. The number of nitrogens with zero attached hydrogens (tertiary/aromatic N) is 2. The number of nitrogens with one attached hydrogen (secondary N) is 1. The van der Waals surface area contributed by atoms with Crippen LogP contribution in [0.5, 0.6) is 0 Å². The second-order valence-corrected chi connectivity index (χ2v) is 10.6. The highest BCUT2D eigenvalue weighted by Gasteiger charge is 2.25. The minimum absolute atomic E-state index is 0.106. The number of hydrogen-bond acceptors (Lipinski definition) is 4. The Bertz CT molecular complexity index is 1590. The summed E-state index contributed by atoms with van der Waals surface area (Å²) in [5, 5.41) is 2.81. The van der Waals surface area contributed by atoms with Gasteiger partial charge in [0.25, 0.3) is 5.56 Å². The fourth-order valence-electron chi connectivity index (χ4n) is 4.64. The number of rotatable bonds is 8. The lowest BCUT2D eigenvalue weighted by Crippen LogP contribution is -2.46. The van der Waals surface area contributed by atoms with Gasteiger partial charge in [-0.3, -0.25) is 13.9 Å². The molecule has 0 radical (unpaired) electrons. The van der Waals surface area contributed by atoms with Crippen molar-refractivity contribution in [3.63, 3.8) is 0 Å². The Kier molecular flexibility index (Phi) is 8.67. The largest absolute Gasteiger partial charge is 0.444 e. The Morgan fingerprint density at radius 2 is 1.50 bits per heavy atom. The van der Waals surface area contributed by atoms with Crippen LogP contribution in [0.4, 0.5) is 9.18 Å². The number of aromatic nitrogens is 2. The van der Waals surface area contributed by atoms with E-state index < -0.39 is 34.8 Å². The van der Waals surface area contributed by atoms with Crippen molar-refractivity contribution in [2.45, 2.75) is 58.8 Å². The van der Waals surface area contributed by atoms with E-state index in [0.717, 1.165) is 10.1 Å². The van der Waals surface area contributed by atoms with Crippen LogP contribution in [0, 0.1) is 12.7 Å². The summed E-state index contributed by atoms with van der Waals surface area (Å²) in [6, 6.07) is 24.0. The summed E-state index contributed by atoms with van der Waals surface area (Å²) in [4.78, 5) is 40.5. The first-order chi connectivity index (χ1) is 19.0. The van der Waals surface area contributed by atoms with Crippen molar-refractivity contribution in [3.05, 3.63) is 128 Å². The summed E-state index contributed by atoms with van der Waals surface area (Å²) in [6.07, 6.45) is -0.144. The van der Waals surface area contributed by atoms with Crippen molar-refractivity contribution < 1.29 is 13.9 Å². The molecule has 40 heavy (non-hydrogen) atoms. The monoisotopic (exact) mass is 543 g/mol. The minimum atomic E-state index is -0.764. The zero-order chi connectivity index (χ0) is 28.9. The van der Waals surface area contributed by atoms with Gasteiger partial charge in [-0.25, -0.2) is 14.0 Å². The molecule has 0 aliphatic carbocycles. The molecule has 0 saturated carbocycles. The van der Waals surface area contributed by atoms with Crippen LogP contribution in [0.15, 0.2) is 94.5 Å². The molecule has 4 rings (SSSR count).